The van der Waals surface area contributed by atoms with E-state index in [2.05, 4.69) is 58.9 Å². The first-order valence-electron chi connectivity index (χ1n) is 6.45. The maximum atomic E-state index is 9.03. The van der Waals surface area contributed by atoms with Crippen LogP contribution in [0.25, 0.3) is 0 Å². The van der Waals surface area contributed by atoms with Gasteiger partial charge in [-0.15, -0.1) is 0 Å². The van der Waals surface area contributed by atoms with Crippen molar-refractivity contribution >= 4 is 0 Å². The van der Waals surface area contributed by atoms with Gasteiger partial charge in [0.1, 0.15) is 0 Å². The summed E-state index contributed by atoms with van der Waals surface area (Å²) in [6.07, 6.45) is 1.88. The van der Waals surface area contributed by atoms with Crippen LogP contribution >= 0.6 is 0 Å². The summed E-state index contributed by atoms with van der Waals surface area (Å²) in [5.74, 6) is 0. The molecule has 0 amide bonds. The molecule has 0 aromatic heterocycles. The van der Waals surface area contributed by atoms with Crippen molar-refractivity contribution in [1.82, 2.24) is 0 Å². The van der Waals surface area contributed by atoms with Gasteiger partial charge >= 0.3 is 0 Å². The maximum Gasteiger partial charge on any atom is 0.0436 e. The molecule has 0 heterocycles. The number of benzene rings is 1. The van der Waals surface area contributed by atoms with E-state index in [4.69, 9.17) is 5.11 Å². The van der Waals surface area contributed by atoms with Crippen LogP contribution in [0.3, 0.4) is 0 Å². The van der Waals surface area contributed by atoms with Crippen LogP contribution in [0.15, 0.2) is 24.3 Å². The predicted octanol–water partition coefficient (Wildman–Crippen LogP) is 3.94. The molecule has 0 bridgehead atoms. The Morgan fingerprint density at radius 1 is 0.941 bits per heavy atom. The van der Waals surface area contributed by atoms with Crippen LogP contribution in [-0.2, 0) is 11.8 Å². The lowest BCUT2D eigenvalue weighted by Crippen LogP contribution is -2.17. The van der Waals surface area contributed by atoms with Crippen LogP contribution < -0.4 is 0 Å². The van der Waals surface area contributed by atoms with Gasteiger partial charge in [-0.3, -0.25) is 0 Å². The zero-order valence-corrected chi connectivity index (χ0v) is 11.9. The molecule has 1 heteroatoms. The summed E-state index contributed by atoms with van der Waals surface area (Å²) in [7, 11) is 0. The van der Waals surface area contributed by atoms with Crippen molar-refractivity contribution in [3.63, 3.8) is 0 Å². The van der Waals surface area contributed by atoms with Crippen molar-refractivity contribution in [1.29, 1.82) is 0 Å². The smallest absolute Gasteiger partial charge is 0.0436 e. The highest BCUT2D eigenvalue weighted by Gasteiger charge is 2.18. The maximum absolute atomic E-state index is 9.03. The largest absolute Gasteiger partial charge is 0.396 e. The highest BCUT2D eigenvalue weighted by molar-refractivity contribution is 5.28. The molecular formula is C16H26O. The van der Waals surface area contributed by atoms with E-state index in [1.54, 1.807) is 0 Å². The molecule has 1 N–H and O–H groups in total. The van der Waals surface area contributed by atoms with Crippen molar-refractivity contribution in [2.75, 3.05) is 6.61 Å². The van der Waals surface area contributed by atoms with Crippen LogP contribution in [0.1, 0.15) is 52.2 Å². The third kappa shape index (κ3) is 4.51. The second kappa shape index (κ2) is 5.22. The third-order valence-electron chi connectivity index (χ3n) is 3.29. The molecule has 0 radical (unpaired) electrons. The summed E-state index contributed by atoms with van der Waals surface area (Å²) in [5.41, 5.74) is 3.13. The minimum atomic E-state index is 0.179. The van der Waals surface area contributed by atoms with E-state index in [1.807, 2.05) is 0 Å². The van der Waals surface area contributed by atoms with Crippen LogP contribution in [0.2, 0.25) is 0 Å². The van der Waals surface area contributed by atoms with Crippen LogP contribution in [0, 0.1) is 5.41 Å². The molecule has 0 saturated carbocycles. The zero-order valence-electron chi connectivity index (χ0n) is 11.9. The lowest BCUT2D eigenvalue weighted by Gasteiger charge is -2.24. The lowest BCUT2D eigenvalue weighted by atomic mass is 9.81. The molecule has 1 aromatic carbocycles. The molecule has 0 unspecified atom stereocenters. The molecule has 17 heavy (non-hydrogen) atoms. The Hall–Kier alpha value is -0.820. The summed E-state index contributed by atoms with van der Waals surface area (Å²) in [6, 6.07) is 8.90. The molecular weight excluding hydrogens is 208 g/mol. The molecule has 1 nitrogen and oxygen atoms in total. The predicted molar refractivity (Wildman–Crippen MR) is 74.3 cm³/mol. The number of aliphatic hydroxyl groups is 1. The summed E-state index contributed by atoms with van der Waals surface area (Å²) in [4.78, 5) is 0. The van der Waals surface area contributed by atoms with Gasteiger partial charge in [-0.25, -0.2) is 0 Å². The van der Waals surface area contributed by atoms with E-state index in [1.165, 1.54) is 11.1 Å². The summed E-state index contributed by atoms with van der Waals surface area (Å²) >= 11 is 0. The van der Waals surface area contributed by atoms with Crippen molar-refractivity contribution < 1.29 is 5.11 Å². The van der Waals surface area contributed by atoms with Gasteiger partial charge in [-0.2, -0.15) is 0 Å². The van der Waals surface area contributed by atoms with Gasteiger partial charge in [0.15, 0.2) is 0 Å². The van der Waals surface area contributed by atoms with Gasteiger partial charge in [0.2, 0.25) is 0 Å². The monoisotopic (exact) mass is 234 g/mol. The average Bonchev–Trinajstić information content (AvgIpc) is 2.16. The van der Waals surface area contributed by atoms with Crippen LogP contribution in [0.4, 0.5) is 0 Å². The lowest BCUT2D eigenvalue weighted by molar-refractivity contribution is 0.211. The molecule has 1 aromatic rings. The van der Waals surface area contributed by atoms with E-state index in [-0.39, 0.29) is 17.4 Å². The van der Waals surface area contributed by atoms with E-state index in [9.17, 15) is 0 Å². The van der Waals surface area contributed by atoms with Gasteiger partial charge in [0.25, 0.3) is 0 Å². The first kappa shape index (κ1) is 14.2. The number of rotatable bonds is 4. The van der Waals surface area contributed by atoms with Gasteiger partial charge < -0.3 is 5.11 Å². The summed E-state index contributed by atoms with van der Waals surface area (Å²) in [6.45, 7) is 11.4. The van der Waals surface area contributed by atoms with Gasteiger partial charge in [0.05, 0.1) is 0 Å². The van der Waals surface area contributed by atoms with Crippen LogP contribution in [0.5, 0.6) is 0 Å². The third-order valence-corrected chi connectivity index (χ3v) is 3.29. The minimum absolute atomic E-state index is 0.179. The topological polar surface area (TPSA) is 20.2 Å². The number of hydrogen-bond acceptors (Lipinski definition) is 1. The van der Waals surface area contributed by atoms with Crippen LogP contribution in [-0.4, -0.2) is 11.7 Å². The van der Waals surface area contributed by atoms with Crippen molar-refractivity contribution in [2.24, 2.45) is 5.41 Å². The number of aliphatic hydroxyl groups excluding tert-OH is 1. The molecule has 0 aliphatic rings. The number of hydrogen-bond donors (Lipinski definition) is 1. The van der Waals surface area contributed by atoms with E-state index >= 15 is 0 Å². The van der Waals surface area contributed by atoms with Crippen molar-refractivity contribution in [3.8, 4) is 0 Å². The highest BCUT2D eigenvalue weighted by atomic mass is 16.3. The molecule has 0 spiro atoms. The van der Waals surface area contributed by atoms with Gasteiger partial charge in [0, 0.05) is 6.61 Å². The molecule has 0 saturated heterocycles. The van der Waals surface area contributed by atoms with Gasteiger partial charge in [-0.05, 0) is 34.8 Å². The molecule has 96 valence electrons. The second-order valence-electron chi connectivity index (χ2n) is 6.76. The van der Waals surface area contributed by atoms with E-state index in [0.29, 0.717) is 0 Å². The Kier molecular flexibility index (Phi) is 4.37. The summed E-state index contributed by atoms with van der Waals surface area (Å²) in [5, 5.41) is 9.03. The fraction of sp³-hybridized carbons (Fsp3) is 0.625. The normalized spacial score (nSPS) is 12.8. The van der Waals surface area contributed by atoms with E-state index in [0.717, 1.165) is 12.8 Å². The van der Waals surface area contributed by atoms with Crippen molar-refractivity contribution in [3.05, 3.63) is 35.4 Å². The highest BCUT2D eigenvalue weighted by Crippen LogP contribution is 2.27. The molecule has 0 aliphatic carbocycles. The molecule has 1 rings (SSSR count). The fourth-order valence-electron chi connectivity index (χ4n) is 2.07. The zero-order chi connectivity index (χ0) is 13.1. The molecule has 0 atom stereocenters. The first-order valence-corrected chi connectivity index (χ1v) is 6.45. The average molecular weight is 234 g/mol. The van der Waals surface area contributed by atoms with Gasteiger partial charge in [-0.1, -0.05) is 58.9 Å². The second-order valence-corrected chi connectivity index (χ2v) is 6.76. The Labute approximate surface area is 106 Å². The standard InChI is InChI=1S/C16H26O/c1-15(2,3)14-8-6-13(7-9-14)12-16(4,5)10-11-17/h6-9,17H,10-12H2,1-5H3. The Morgan fingerprint density at radius 2 is 1.47 bits per heavy atom. The Balaban J connectivity index is 2.75. The summed E-state index contributed by atoms with van der Waals surface area (Å²) < 4.78 is 0. The molecule has 0 aliphatic heterocycles. The first-order chi connectivity index (χ1) is 7.74. The molecule has 0 fully saturated rings. The Morgan fingerprint density at radius 3 is 1.88 bits per heavy atom. The Bertz CT molecular complexity index is 341. The van der Waals surface area contributed by atoms with Crippen molar-refractivity contribution in [2.45, 2.75) is 52.9 Å². The minimum Gasteiger partial charge on any atom is -0.396 e. The quantitative estimate of drug-likeness (QED) is 0.836. The SMILES string of the molecule is CC(C)(CCO)Cc1ccc(C(C)(C)C)cc1. The van der Waals surface area contributed by atoms with E-state index < -0.39 is 0 Å². The fourth-order valence-corrected chi connectivity index (χ4v) is 2.07.